The van der Waals surface area contributed by atoms with Crippen molar-refractivity contribution in [2.45, 2.75) is 49.4 Å². The number of rotatable bonds is 4. The van der Waals surface area contributed by atoms with E-state index in [2.05, 4.69) is 27.0 Å². The Bertz CT molecular complexity index is 804. The summed E-state index contributed by atoms with van der Waals surface area (Å²) in [5, 5.41) is 14.1. The summed E-state index contributed by atoms with van der Waals surface area (Å²) in [6, 6.07) is 4.04. The monoisotopic (exact) mass is 345 g/mol. The maximum Gasteiger partial charge on any atom is 0.190 e. The molecule has 0 spiro atoms. The number of fused-ring (bicyclic) bond motifs is 1. The van der Waals surface area contributed by atoms with Gasteiger partial charge in [0.1, 0.15) is 0 Å². The highest BCUT2D eigenvalue weighted by atomic mass is 32.2. The van der Waals surface area contributed by atoms with Crippen LogP contribution in [0.5, 0.6) is 0 Å². The van der Waals surface area contributed by atoms with Gasteiger partial charge in [-0.25, -0.2) is 9.97 Å². The first-order valence-electron chi connectivity index (χ1n) is 7.99. The molecule has 1 fully saturated rings. The van der Waals surface area contributed by atoms with Crippen molar-refractivity contribution >= 4 is 45.0 Å². The fourth-order valence-corrected chi connectivity index (χ4v) is 4.85. The number of thioether (sulfide) groups is 1. The number of anilines is 2. The minimum Gasteiger partial charge on any atom is -0.322 e. The third-order valence-electron chi connectivity index (χ3n) is 4.06. The second-order valence-electron chi connectivity index (χ2n) is 5.93. The van der Waals surface area contributed by atoms with Crippen LogP contribution in [0.1, 0.15) is 37.8 Å². The zero-order chi connectivity index (χ0) is 15.6. The van der Waals surface area contributed by atoms with Crippen LogP contribution in [0.15, 0.2) is 22.7 Å². The normalized spacial score (nSPS) is 16.0. The van der Waals surface area contributed by atoms with Crippen LogP contribution >= 0.6 is 23.1 Å². The standard InChI is InChI=1S/C16H19N5S2/c1-10-9-13(21-20-10)18-15-14-12(7-8-22-14)17-16(19-15)23-11-5-3-2-4-6-11/h7-9,11H,2-6H2,1H3,(H2,17,18,19,20,21). The second-order valence-corrected chi connectivity index (χ2v) is 8.11. The molecule has 3 heterocycles. The predicted molar refractivity (Wildman–Crippen MR) is 96.8 cm³/mol. The van der Waals surface area contributed by atoms with Crippen molar-refractivity contribution in [3.63, 3.8) is 0 Å². The average molecular weight is 345 g/mol. The third-order valence-corrected chi connectivity index (χ3v) is 6.17. The number of hydrogen-bond donors (Lipinski definition) is 2. The first kappa shape index (κ1) is 15.0. The largest absolute Gasteiger partial charge is 0.322 e. The van der Waals surface area contributed by atoms with Gasteiger partial charge in [0.2, 0.25) is 0 Å². The van der Waals surface area contributed by atoms with Crippen molar-refractivity contribution in [2.24, 2.45) is 0 Å². The number of aryl methyl sites for hydroxylation is 1. The molecule has 1 aliphatic rings. The molecule has 23 heavy (non-hydrogen) atoms. The van der Waals surface area contributed by atoms with Crippen LogP contribution < -0.4 is 5.32 Å². The molecule has 0 aromatic carbocycles. The highest BCUT2D eigenvalue weighted by Crippen LogP contribution is 2.35. The topological polar surface area (TPSA) is 66.5 Å². The molecule has 0 radical (unpaired) electrons. The zero-order valence-corrected chi connectivity index (χ0v) is 14.6. The molecular weight excluding hydrogens is 326 g/mol. The van der Waals surface area contributed by atoms with E-state index in [1.165, 1.54) is 32.1 Å². The molecule has 3 aromatic heterocycles. The fraction of sp³-hybridized carbons (Fsp3) is 0.438. The van der Waals surface area contributed by atoms with E-state index in [1.54, 1.807) is 11.3 Å². The molecule has 0 atom stereocenters. The number of thiophene rings is 1. The lowest BCUT2D eigenvalue weighted by Gasteiger charge is -2.20. The van der Waals surface area contributed by atoms with E-state index in [0.29, 0.717) is 5.25 Å². The van der Waals surface area contributed by atoms with Crippen LogP contribution in [0.3, 0.4) is 0 Å². The number of H-pyrrole nitrogens is 1. The maximum absolute atomic E-state index is 4.77. The molecule has 4 rings (SSSR count). The molecule has 7 heteroatoms. The Kier molecular flexibility index (Phi) is 4.22. The van der Waals surface area contributed by atoms with Crippen molar-refractivity contribution in [2.75, 3.05) is 5.32 Å². The second kappa shape index (κ2) is 6.49. The Labute approximate surface area is 143 Å². The van der Waals surface area contributed by atoms with E-state index in [1.807, 2.05) is 24.8 Å². The van der Waals surface area contributed by atoms with Crippen LogP contribution in [-0.2, 0) is 0 Å². The average Bonchev–Trinajstić information content (AvgIpc) is 3.17. The van der Waals surface area contributed by atoms with Gasteiger partial charge in [-0.2, -0.15) is 5.10 Å². The summed E-state index contributed by atoms with van der Waals surface area (Å²) in [6.07, 6.45) is 6.58. The molecule has 0 aliphatic heterocycles. The lowest BCUT2D eigenvalue weighted by atomic mass is 10.0. The molecule has 5 nitrogen and oxygen atoms in total. The number of nitrogens with zero attached hydrogens (tertiary/aromatic N) is 3. The van der Waals surface area contributed by atoms with E-state index < -0.39 is 0 Å². The lowest BCUT2D eigenvalue weighted by Crippen LogP contribution is -2.09. The Hall–Kier alpha value is -1.60. The van der Waals surface area contributed by atoms with E-state index in [-0.39, 0.29) is 0 Å². The van der Waals surface area contributed by atoms with E-state index >= 15 is 0 Å². The molecule has 0 bridgehead atoms. The summed E-state index contributed by atoms with van der Waals surface area (Å²) in [4.78, 5) is 9.50. The highest BCUT2D eigenvalue weighted by Gasteiger charge is 2.18. The number of hydrogen-bond acceptors (Lipinski definition) is 6. The number of nitrogens with one attached hydrogen (secondary N) is 2. The van der Waals surface area contributed by atoms with Gasteiger partial charge in [-0.3, -0.25) is 5.10 Å². The molecule has 3 aromatic rings. The lowest BCUT2D eigenvalue weighted by molar-refractivity contribution is 0.515. The first-order valence-corrected chi connectivity index (χ1v) is 9.75. The van der Waals surface area contributed by atoms with Gasteiger partial charge in [0.25, 0.3) is 0 Å². The van der Waals surface area contributed by atoms with Crippen molar-refractivity contribution < 1.29 is 0 Å². The van der Waals surface area contributed by atoms with Crippen molar-refractivity contribution in [3.05, 3.63) is 23.2 Å². The quantitative estimate of drug-likeness (QED) is 0.659. The van der Waals surface area contributed by atoms with Gasteiger partial charge < -0.3 is 5.32 Å². The van der Waals surface area contributed by atoms with Gasteiger partial charge in [-0.05, 0) is 31.2 Å². The molecule has 2 N–H and O–H groups in total. The maximum atomic E-state index is 4.77. The van der Waals surface area contributed by atoms with Crippen LogP contribution in [0.2, 0.25) is 0 Å². The van der Waals surface area contributed by atoms with Gasteiger partial charge in [0.15, 0.2) is 16.8 Å². The van der Waals surface area contributed by atoms with Gasteiger partial charge in [0, 0.05) is 17.0 Å². The van der Waals surface area contributed by atoms with Crippen LogP contribution in [-0.4, -0.2) is 25.4 Å². The van der Waals surface area contributed by atoms with Crippen molar-refractivity contribution in [3.8, 4) is 0 Å². The minimum atomic E-state index is 0.653. The Morgan fingerprint density at radius 3 is 2.91 bits per heavy atom. The SMILES string of the molecule is Cc1cc(Nc2nc(SC3CCCCC3)nc3ccsc23)n[nH]1. The number of aromatic nitrogens is 4. The summed E-state index contributed by atoms with van der Waals surface area (Å²) in [5.41, 5.74) is 2.04. The summed E-state index contributed by atoms with van der Waals surface area (Å²) < 4.78 is 1.08. The summed E-state index contributed by atoms with van der Waals surface area (Å²) in [6.45, 7) is 1.99. The number of aromatic amines is 1. The highest BCUT2D eigenvalue weighted by molar-refractivity contribution is 7.99. The van der Waals surface area contributed by atoms with Crippen LogP contribution in [0, 0.1) is 6.92 Å². The Morgan fingerprint density at radius 2 is 2.13 bits per heavy atom. The summed E-state index contributed by atoms with van der Waals surface area (Å²) >= 11 is 3.49. The first-order chi connectivity index (χ1) is 11.3. The molecule has 120 valence electrons. The summed E-state index contributed by atoms with van der Waals surface area (Å²) in [5.74, 6) is 1.65. The van der Waals surface area contributed by atoms with E-state index in [0.717, 1.165) is 32.7 Å². The van der Waals surface area contributed by atoms with Crippen LogP contribution in [0.4, 0.5) is 11.6 Å². The molecule has 1 saturated carbocycles. The smallest absolute Gasteiger partial charge is 0.190 e. The molecular formula is C16H19N5S2. The predicted octanol–water partition coefficient (Wildman–Crippen LogP) is 4.89. The van der Waals surface area contributed by atoms with Crippen molar-refractivity contribution in [1.29, 1.82) is 0 Å². The Balaban J connectivity index is 1.63. The van der Waals surface area contributed by atoms with Gasteiger partial charge in [-0.15, -0.1) is 11.3 Å². The van der Waals surface area contributed by atoms with Gasteiger partial charge in [0.05, 0.1) is 10.2 Å². The fourth-order valence-electron chi connectivity index (χ4n) is 2.92. The van der Waals surface area contributed by atoms with Gasteiger partial charge >= 0.3 is 0 Å². The van der Waals surface area contributed by atoms with Gasteiger partial charge in [-0.1, -0.05) is 31.0 Å². The third kappa shape index (κ3) is 3.35. The van der Waals surface area contributed by atoms with E-state index in [9.17, 15) is 0 Å². The zero-order valence-electron chi connectivity index (χ0n) is 13.0. The minimum absolute atomic E-state index is 0.653. The molecule has 0 unspecified atom stereocenters. The van der Waals surface area contributed by atoms with E-state index in [4.69, 9.17) is 9.97 Å². The molecule has 1 aliphatic carbocycles. The van der Waals surface area contributed by atoms with Crippen molar-refractivity contribution in [1.82, 2.24) is 20.2 Å². The summed E-state index contributed by atoms with van der Waals surface area (Å²) in [7, 11) is 0. The Morgan fingerprint density at radius 1 is 1.26 bits per heavy atom. The van der Waals surface area contributed by atoms with Crippen LogP contribution in [0.25, 0.3) is 10.2 Å². The molecule has 0 saturated heterocycles. The molecule has 0 amide bonds.